The summed E-state index contributed by atoms with van der Waals surface area (Å²) in [4.78, 5) is 15.3. The molecule has 0 bridgehead atoms. The molecular formula is C17H17N3O2S. The zero-order valence-electron chi connectivity index (χ0n) is 12.6. The van der Waals surface area contributed by atoms with Gasteiger partial charge in [-0.25, -0.2) is 4.79 Å². The van der Waals surface area contributed by atoms with E-state index in [9.17, 15) is 4.79 Å². The van der Waals surface area contributed by atoms with Crippen LogP contribution in [0.5, 0.6) is 0 Å². The molecule has 1 aromatic carbocycles. The van der Waals surface area contributed by atoms with E-state index in [1.54, 1.807) is 28.4 Å². The van der Waals surface area contributed by atoms with E-state index < -0.39 is 0 Å². The van der Waals surface area contributed by atoms with Crippen molar-refractivity contribution in [2.45, 2.75) is 12.6 Å². The second-order valence-electron chi connectivity index (χ2n) is 5.29. The first-order valence-corrected chi connectivity index (χ1v) is 8.31. The average Bonchev–Trinajstić information content (AvgIpc) is 3.14. The van der Waals surface area contributed by atoms with Gasteiger partial charge in [0.15, 0.2) is 0 Å². The van der Waals surface area contributed by atoms with Crippen molar-refractivity contribution in [1.29, 1.82) is 5.26 Å². The summed E-state index contributed by atoms with van der Waals surface area (Å²) in [5.41, 5.74) is 1.52. The largest absolute Gasteiger partial charge is 0.369 e. The number of amides is 2. The average molecular weight is 327 g/mol. The zero-order chi connectivity index (χ0) is 16.1. The molecule has 1 aliphatic rings. The monoisotopic (exact) mass is 327 g/mol. The SMILES string of the molecule is N#Cc1cccc(CNC(=O)N2CCO[C@H](c3cccs3)C2)c1. The lowest BCUT2D eigenvalue weighted by Crippen LogP contribution is -2.46. The molecule has 5 nitrogen and oxygen atoms in total. The minimum absolute atomic E-state index is 0.0450. The molecule has 1 atom stereocenters. The summed E-state index contributed by atoms with van der Waals surface area (Å²) in [6, 6.07) is 13.3. The van der Waals surface area contributed by atoms with Crippen LogP contribution in [0.2, 0.25) is 0 Å². The molecule has 1 saturated heterocycles. The van der Waals surface area contributed by atoms with Gasteiger partial charge in [0, 0.05) is 18.0 Å². The number of morpholine rings is 1. The van der Waals surface area contributed by atoms with Crippen LogP contribution in [0, 0.1) is 11.3 Å². The molecule has 0 saturated carbocycles. The van der Waals surface area contributed by atoms with Gasteiger partial charge in [-0.1, -0.05) is 18.2 Å². The van der Waals surface area contributed by atoms with Crippen molar-refractivity contribution in [2.75, 3.05) is 19.7 Å². The number of hydrogen-bond acceptors (Lipinski definition) is 4. The van der Waals surface area contributed by atoms with Crippen molar-refractivity contribution in [3.8, 4) is 6.07 Å². The molecule has 23 heavy (non-hydrogen) atoms. The van der Waals surface area contributed by atoms with Gasteiger partial charge in [0.2, 0.25) is 0 Å². The molecule has 1 N–H and O–H groups in total. The van der Waals surface area contributed by atoms with Gasteiger partial charge in [-0.2, -0.15) is 5.26 Å². The maximum absolute atomic E-state index is 12.3. The Morgan fingerprint density at radius 3 is 3.13 bits per heavy atom. The van der Waals surface area contributed by atoms with Crippen molar-refractivity contribution in [3.63, 3.8) is 0 Å². The molecule has 0 spiro atoms. The topological polar surface area (TPSA) is 65.4 Å². The molecule has 6 heteroatoms. The number of nitrogens with one attached hydrogen (secondary N) is 1. The molecule has 1 aromatic heterocycles. The maximum Gasteiger partial charge on any atom is 0.317 e. The van der Waals surface area contributed by atoms with Gasteiger partial charge in [-0.15, -0.1) is 11.3 Å². The first-order valence-electron chi connectivity index (χ1n) is 7.43. The molecule has 0 aliphatic carbocycles. The number of nitriles is 1. The minimum Gasteiger partial charge on any atom is -0.369 e. The third-order valence-electron chi connectivity index (χ3n) is 3.71. The predicted molar refractivity (Wildman–Crippen MR) is 88.0 cm³/mol. The lowest BCUT2D eigenvalue weighted by atomic mass is 10.1. The Labute approximate surface area is 139 Å². The summed E-state index contributed by atoms with van der Waals surface area (Å²) in [6.07, 6.45) is -0.0450. The molecule has 1 fully saturated rings. The fourth-order valence-electron chi connectivity index (χ4n) is 2.52. The number of carbonyl (C=O) groups is 1. The van der Waals surface area contributed by atoms with E-state index in [4.69, 9.17) is 10.00 Å². The standard InChI is InChI=1S/C17H17N3O2S/c18-10-13-3-1-4-14(9-13)11-19-17(21)20-6-7-22-15(12-20)16-5-2-8-23-16/h1-5,8-9,15H,6-7,11-12H2,(H,19,21)/t15-/m0/s1. The van der Waals surface area contributed by atoms with Crippen molar-refractivity contribution in [2.24, 2.45) is 0 Å². The third-order valence-corrected chi connectivity index (χ3v) is 4.68. The van der Waals surface area contributed by atoms with Gasteiger partial charge < -0.3 is 15.0 Å². The highest BCUT2D eigenvalue weighted by Crippen LogP contribution is 2.25. The Kier molecular flexibility index (Phi) is 4.91. The molecule has 3 rings (SSSR count). The Hall–Kier alpha value is -2.36. The quantitative estimate of drug-likeness (QED) is 0.942. The molecule has 0 radical (unpaired) electrons. The fraction of sp³-hybridized carbons (Fsp3) is 0.294. The first kappa shape index (κ1) is 15.5. The highest BCUT2D eigenvalue weighted by molar-refractivity contribution is 7.10. The highest BCUT2D eigenvalue weighted by Gasteiger charge is 2.25. The van der Waals surface area contributed by atoms with Crippen LogP contribution in [-0.4, -0.2) is 30.6 Å². The number of hydrogen-bond donors (Lipinski definition) is 1. The number of benzene rings is 1. The van der Waals surface area contributed by atoms with Crippen LogP contribution in [-0.2, 0) is 11.3 Å². The molecule has 118 valence electrons. The Morgan fingerprint density at radius 2 is 2.35 bits per heavy atom. The summed E-state index contributed by atoms with van der Waals surface area (Å²) in [7, 11) is 0. The van der Waals surface area contributed by atoms with Gasteiger partial charge in [0.05, 0.1) is 24.8 Å². The Bertz CT molecular complexity index is 709. The molecule has 2 heterocycles. The summed E-state index contributed by atoms with van der Waals surface area (Å²) < 4.78 is 5.75. The van der Waals surface area contributed by atoms with Crippen molar-refractivity contribution < 1.29 is 9.53 Å². The van der Waals surface area contributed by atoms with Crippen molar-refractivity contribution in [3.05, 3.63) is 57.8 Å². The number of carbonyl (C=O) groups excluding carboxylic acids is 1. The summed E-state index contributed by atoms with van der Waals surface area (Å²) in [6.45, 7) is 2.10. The second kappa shape index (κ2) is 7.27. The summed E-state index contributed by atoms with van der Waals surface area (Å²) >= 11 is 1.64. The van der Waals surface area contributed by atoms with E-state index in [2.05, 4.69) is 11.4 Å². The van der Waals surface area contributed by atoms with E-state index in [1.165, 1.54) is 0 Å². The van der Waals surface area contributed by atoms with Gasteiger partial charge in [-0.05, 0) is 29.1 Å². The van der Waals surface area contributed by atoms with E-state index in [0.717, 1.165) is 10.4 Å². The summed E-state index contributed by atoms with van der Waals surface area (Å²) in [5.74, 6) is 0. The number of nitrogens with zero attached hydrogens (tertiary/aromatic N) is 2. The van der Waals surface area contributed by atoms with Crippen molar-refractivity contribution in [1.82, 2.24) is 10.2 Å². The maximum atomic E-state index is 12.3. The highest BCUT2D eigenvalue weighted by atomic mass is 32.1. The van der Waals surface area contributed by atoms with Gasteiger partial charge >= 0.3 is 6.03 Å². The van der Waals surface area contributed by atoms with Crippen LogP contribution in [0.4, 0.5) is 4.79 Å². The molecule has 2 amide bonds. The molecule has 0 unspecified atom stereocenters. The third kappa shape index (κ3) is 3.89. The lowest BCUT2D eigenvalue weighted by Gasteiger charge is -2.32. The van der Waals surface area contributed by atoms with E-state index in [0.29, 0.717) is 31.8 Å². The van der Waals surface area contributed by atoms with E-state index >= 15 is 0 Å². The normalized spacial score (nSPS) is 17.5. The van der Waals surface area contributed by atoms with E-state index in [1.807, 2.05) is 29.6 Å². The number of thiophene rings is 1. The lowest BCUT2D eigenvalue weighted by molar-refractivity contribution is -0.0136. The van der Waals surface area contributed by atoms with Gasteiger partial charge in [-0.3, -0.25) is 0 Å². The van der Waals surface area contributed by atoms with Gasteiger partial charge in [0.1, 0.15) is 6.10 Å². The minimum atomic E-state index is -0.0998. The van der Waals surface area contributed by atoms with Crippen LogP contribution in [0.1, 0.15) is 22.1 Å². The second-order valence-corrected chi connectivity index (χ2v) is 6.27. The Balaban J connectivity index is 1.56. The van der Waals surface area contributed by atoms with Crippen LogP contribution in [0.15, 0.2) is 41.8 Å². The fourth-order valence-corrected chi connectivity index (χ4v) is 3.29. The van der Waals surface area contributed by atoms with Crippen LogP contribution in [0.3, 0.4) is 0 Å². The smallest absolute Gasteiger partial charge is 0.317 e. The number of ether oxygens (including phenoxy) is 1. The molecular weight excluding hydrogens is 310 g/mol. The van der Waals surface area contributed by atoms with Gasteiger partial charge in [0.25, 0.3) is 0 Å². The van der Waals surface area contributed by atoms with Crippen LogP contribution < -0.4 is 5.32 Å². The predicted octanol–water partition coefficient (Wildman–Crippen LogP) is 2.90. The zero-order valence-corrected chi connectivity index (χ0v) is 13.4. The molecule has 2 aromatic rings. The molecule has 1 aliphatic heterocycles. The first-order chi connectivity index (χ1) is 11.3. The number of urea groups is 1. The van der Waals surface area contributed by atoms with Crippen LogP contribution >= 0.6 is 11.3 Å². The summed E-state index contributed by atoms with van der Waals surface area (Å²) in [5, 5.41) is 13.8. The number of rotatable bonds is 3. The van der Waals surface area contributed by atoms with Crippen LogP contribution in [0.25, 0.3) is 0 Å². The van der Waals surface area contributed by atoms with E-state index in [-0.39, 0.29) is 12.1 Å². The van der Waals surface area contributed by atoms with Crippen molar-refractivity contribution >= 4 is 17.4 Å². The Morgan fingerprint density at radius 1 is 1.43 bits per heavy atom.